The number of carbonyl (C=O) groups excluding carboxylic acids is 1. The van der Waals surface area contributed by atoms with Gasteiger partial charge in [-0.25, -0.2) is 8.42 Å². The molecule has 0 unspecified atom stereocenters. The van der Waals surface area contributed by atoms with E-state index in [1.165, 1.54) is 62.4 Å². The Morgan fingerprint density at radius 3 is 2.44 bits per heavy atom. The molecular weight excluding hydrogens is 487 g/mol. The molecular formula is C23H28Cl2N2O3S2. The quantitative estimate of drug-likeness (QED) is 0.409. The molecule has 1 aliphatic rings. The van der Waals surface area contributed by atoms with Crippen LogP contribution in [0.5, 0.6) is 0 Å². The molecule has 5 nitrogen and oxygen atoms in total. The molecule has 1 N–H and O–H groups in total. The van der Waals surface area contributed by atoms with Gasteiger partial charge in [0.1, 0.15) is 6.54 Å². The van der Waals surface area contributed by atoms with Crippen molar-refractivity contribution in [3.05, 3.63) is 58.6 Å². The number of carbonyl (C=O) groups is 1. The first-order valence-electron chi connectivity index (χ1n) is 10.8. The minimum atomic E-state index is -3.98. The molecule has 1 fully saturated rings. The molecule has 0 aromatic heterocycles. The van der Waals surface area contributed by atoms with E-state index in [1.54, 1.807) is 18.2 Å². The van der Waals surface area contributed by atoms with Gasteiger partial charge in [-0.2, -0.15) is 11.8 Å². The van der Waals surface area contributed by atoms with E-state index < -0.39 is 10.0 Å². The van der Waals surface area contributed by atoms with Crippen molar-refractivity contribution in [3.63, 3.8) is 0 Å². The molecule has 0 heterocycles. The zero-order valence-electron chi connectivity index (χ0n) is 17.8. The highest BCUT2D eigenvalue weighted by Gasteiger charge is 2.27. The Bertz CT molecular complexity index is 995. The van der Waals surface area contributed by atoms with E-state index >= 15 is 0 Å². The van der Waals surface area contributed by atoms with Crippen LogP contribution in [-0.4, -0.2) is 38.4 Å². The standard InChI is InChI=1S/C23H28Cl2N2O3S2/c24-18-10-12-22(13-11-18)32(29,30)27(20-7-4-6-19(25)16-20)17-23(28)26-14-5-15-31-21-8-2-1-3-9-21/h4,6-7,10-13,16,21H,1-3,5,8-9,14-15,17H2,(H,26,28). The van der Waals surface area contributed by atoms with Crippen LogP contribution in [0.2, 0.25) is 10.0 Å². The average Bonchev–Trinajstić information content (AvgIpc) is 2.78. The van der Waals surface area contributed by atoms with Gasteiger partial charge in [0, 0.05) is 21.8 Å². The molecule has 3 rings (SSSR count). The van der Waals surface area contributed by atoms with Gasteiger partial charge in [0.2, 0.25) is 5.91 Å². The van der Waals surface area contributed by atoms with Gasteiger partial charge in [-0.3, -0.25) is 9.10 Å². The Balaban J connectivity index is 1.62. The fourth-order valence-corrected chi connectivity index (χ4v) is 6.68. The smallest absolute Gasteiger partial charge is 0.264 e. The lowest BCUT2D eigenvalue weighted by Gasteiger charge is -2.24. The summed E-state index contributed by atoms with van der Waals surface area (Å²) in [7, 11) is -3.98. The molecule has 1 amide bonds. The number of nitrogens with zero attached hydrogens (tertiary/aromatic N) is 1. The number of halogens is 2. The molecule has 2 aromatic carbocycles. The third-order valence-electron chi connectivity index (χ3n) is 5.33. The van der Waals surface area contributed by atoms with Crippen LogP contribution in [-0.2, 0) is 14.8 Å². The maximum absolute atomic E-state index is 13.3. The summed E-state index contributed by atoms with van der Waals surface area (Å²) in [5.74, 6) is 0.636. The predicted molar refractivity (Wildman–Crippen MR) is 134 cm³/mol. The van der Waals surface area contributed by atoms with Gasteiger partial charge < -0.3 is 5.32 Å². The Hall–Kier alpha value is -1.41. The second kappa shape index (κ2) is 12.2. The van der Waals surface area contributed by atoms with Crippen molar-refractivity contribution in [1.29, 1.82) is 0 Å². The van der Waals surface area contributed by atoms with Gasteiger partial charge in [-0.05, 0) is 67.5 Å². The van der Waals surface area contributed by atoms with Gasteiger partial charge in [-0.1, -0.05) is 48.5 Å². The zero-order valence-corrected chi connectivity index (χ0v) is 20.9. The summed E-state index contributed by atoms with van der Waals surface area (Å²) in [6.07, 6.45) is 7.40. The van der Waals surface area contributed by atoms with Crippen LogP contribution in [0.4, 0.5) is 5.69 Å². The third kappa shape index (κ3) is 7.30. The van der Waals surface area contributed by atoms with Crippen LogP contribution in [0.15, 0.2) is 53.4 Å². The first-order chi connectivity index (χ1) is 15.4. The largest absolute Gasteiger partial charge is 0.354 e. The number of anilines is 1. The Labute approximate surface area is 204 Å². The average molecular weight is 516 g/mol. The lowest BCUT2D eigenvalue weighted by atomic mass is 10.0. The van der Waals surface area contributed by atoms with Crippen molar-refractivity contribution in [3.8, 4) is 0 Å². The molecule has 1 saturated carbocycles. The monoisotopic (exact) mass is 514 g/mol. The molecule has 0 radical (unpaired) electrons. The minimum Gasteiger partial charge on any atom is -0.354 e. The lowest BCUT2D eigenvalue weighted by molar-refractivity contribution is -0.119. The van der Waals surface area contributed by atoms with Crippen LogP contribution in [0, 0.1) is 0 Å². The number of hydrogen-bond acceptors (Lipinski definition) is 4. The van der Waals surface area contributed by atoms with Crippen molar-refractivity contribution in [2.24, 2.45) is 0 Å². The number of nitrogens with one attached hydrogen (secondary N) is 1. The molecule has 0 aliphatic heterocycles. The summed E-state index contributed by atoms with van der Waals surface area (Å²) >= 11 is 14.0. The molecule has 0 atom stereocenters. The summed E-state index contributed by atoms with van der Waals surface area (Å²) in [5, 5.41) is 4.41. The molecule has 2 aromatic rings. The lowest BCUT2D eigenvalue weighted by Crippen LogP contribution is -2.41. The van der Waals surface area contributed by atoms with Gasteiger partial charge in [0.15, 0.2) is 0 Å². The van der Waals surface area contributed by atoms with Crippen LogP contribution in [0.25, 0.3) is 0 Å². The molecule has 32 heavy (non-hydrogen) atoms. The topological polar surface area (TPSA) is 66.5 Å². The number of thioether (sulfide) groups is 1. The third-order valence-corrected chi connectivity index (χ3v) is 9.08. The van der Waals surface area contributed by atoms with Crippen LogP contribution < -0.4 is 9.62 Å². The molecule has 0 saturated heterocycles. The van der Waals surface area contributed by atoms with E-state index in [2.05, 4.69) is 5.32 Å². The van der Waals surface area contributed by atoms with E-state index in [-0.39, 0.29) is 17.3 Å². The number of sulfonamides is 1. The van der Waals surface area contributed by atoms with Crippen molar-refractivity contribution in [2.45, 2.75) is 48.7 Å². The van der Waals surface area contributed by atoms with Gasteiger partial charge in [0.05, 0.1) is 10.6 Å². The number of amides is 1. The summed E-state index contributed by atoms with van der Waals surface area (Å²) in [6.45, 7) is 0.185. The molecule has 174 valence electrons. The van der Waals surface area contributed by atoms with Crippen molar-refractivity contribution >= 4 is 56.6 Å². The first-order valence-corrected chi connectivity index (χ1v) is 14.0. The molecule has 0 bridgehead atoms. The number of hydrogen-bond donors (Lipinski definition) is 1. The maximum Gasteiger partial charge on any atom is 0.264 e. The Kier molecular flexibility index (Phi) is 9.59. The first kappa shape index (κ1) is 25.2. The highest BCUT2D eigenvalue weighted by Crippen LogP contribution is 2.29. The Morgan fingerprint density at radius 2 is 1.75 bits per heavy atom. The van der Waals surface area contributed by atoms with E-state index in [0.717, 1.165) is 21.7 Å². The van der Waals surface area contributed by atoms with Gasteiger partial charge >= 0.3 is 0 Å². The maximum atomic E-state index is 13.3. The second-order valence-electron chi connectivity index (χ2n) is 7.78. The summed E-state index contributed by atoms with van der Waals surface area (Å²) in [6, 6.07) is 12.3. The summed E-state index contributed by atoms with van der Waals surface area (Å²) in [4.78, 5) is 12.7. The van der Waals surface area contributed by atoms with E-state index in [4.69, 9.17) is 23.2 Å². The van der Waals surface area contributed by atoms with Crippen LogP contribution in [0.1, 0.15) is 38.5 Å². The molecule has 1 aliphatic carbocycles. The fraction of sp³-hybridized carbons (Fsp3) is 0.435. The van der Waals surface area contributed by atoms with Crippen molar-refractivity contribution < 1.29 is 13.2 Å². The van der Waals surface area contributed by atoms with Crippen molar-refractivity contribution in [2.75, 3.05) is 23.1 Å². The Morgan fingerprint density at radius 1 is 1.03 bits per heavy atom. The number of benzene rings is 2. The normalized spacial score (nSPS) is 14.8. The fourth-order valence-electron chi connectivity index (χ4n) is 3.65. The van der Waals surface area contributed by atoms with Crippen LogP contribution in [0.3, 0.4) is 0 Å². The highest BCUT2D eigenvalue weighted by molar-refractivity contribution is 7.99. The minimum absolute atomic E-state index is 0.0542. The number of rotatable bonds is 10. The van der Waals surface area contributed by atoms with E-state index in [0.29, 0.717) is 22.3 Å². The second-order valence-corrected chi connectivity index (χ2v) is 11.9. The predicted octanol–water partition coefficient (Wildman–Crippen LogP) is 5.76. The van der Waals surface area contributed by atoms with Crippen molar-refractivity contribution in [1.82, 2.24) is 5.32 Å². The van der Waals surface area contributed by atoms with Gasteiger partial charge in [-0.15, -0.1) is 0 Å². The summed E-state index contributed by atoms with van der Waals surface area (Å²) < 4.78 is 27.7. The molecule has 0 spiro atoms. The summed E-state index contributed by atoms with van der Waals surface area (Å²) in [5.41, 5.74) is 0.329. The van der Waals surface area contributed by atoms with Gasteiger partial charge in [0.25, 0.3) is 10.0 Å². The SMILES string of the molecule is O=C(CN(c1cccc(Cl)c1)S(=O)(=O)c1ccc(Cl)cc1)NCCCSC1CCCCC1. The van der Waals surface area contributed by atoms with E-state index in [1.807, 2.05) is 11.8 Å². The zero-order chi connectivity index (χ0) is 23.0. The van der Waals surface area contributed by atoms with E-state index in [9.17, 15) is 13.2 Å². The van der Waals surface area contributed by atoms with Crippen LogP contribution >= 0.6 is 35.0 Å². The highest BCUT2D eigenvalue weighted by atomic mass is 35.5. The molecule has 9 heteroatoms.